The molecule has 0 saturated heterocycles. The second-order valence-corrected chi connectivity index (χ2v) is 6.84. The van der Waals surface area contributed by atoms with E-state index in [1.807, 2.05) is 24.3 Å². The Hall–Kier alpha value is -3.29. The summed E-state index contributed by atoms with van der Waals surface area (Å²) in [5.74, 6) is 1.11. The summed E-state index contributed by atoms with van der Waals surface area (Å²) in [6, 6.07) is 12.3. The molecule has 2 aromatic carbocycles. The lowest BCUT2D eigenvalue weighted by Crippen LogP contribution is -2.26. The van der Waals surface area contributed by atoms with Gasteiger partial charge in [0.05, 0.1) is 30.6 Å². The van der Waals surface area contributed by atoms with Gasteiger partial charge in [-0.05, 0) is 36.8 Å². The van der Waals surface area contributed by atoms with Crippen molar-refractivity contribution in [2.45, 2.75) is 26.2 Å². The highest BCUT2D eigenvalue weighted by Crippen LogP contribution is 2.35. The first kappa shape index (κ1) is 19.0. The van der Waals surface area contributed by atoms with E-state index >= 15 is 0 Å². The van der Waals surface area contributed by atoms with Crippen LogP contribution in [0.1, 0.15) is 16.8 Å². The van der Waals surface area contributed by atoms with Crippen LogP contribution in [0.4, 0.5) is 19.1 Å². The van der Waals surface area contributed by atoms with Crippen LogP contribution in [0, 0.1) is 6.92 Å². The van der Waals surface area contributed by atoms with E-state index in [1.165, 1.54) is 12.1 Å². The van der Waals surface area contributed by atoms with Crippen molar-refractivity contribution in [2.75, 3.05) is 12.0 Å². The molecule has 0 aliphatic carbocycles. The summed E-state index contributed by atoms with van der Waals surface area (Å²) >= 11 is 0. The first-order chi connectivity index (χ1) is 13.8. The fourth-order valence-corrected chi connectivity index (χ4v) is 3.50. The van der Waals surface area contributed by atoms with E-state index in [2.05, 4.69) is 4.98 Å². The maximum atomic E-state index is 12.8. The zero-order chi connectivity index (χ0) is 20.8. The quantitative estimate of drug-likeness (QED) is 0.650. The van der Waals surface area contributed by atoms with Crippen molar-refractivity contribution in [3.63, 3.8) is 0 Å². The number of amides is 1. The van der Waals surface area contributed by atoms with Crippen LogP contribution < -0.4 is 9.64 Å². The molecule has 0 bridgehead atoms. The molecule has 2 heterocycles. The number of aromatic nitrogens is 2. The number of hydrogen-bond acceptors (Lipinski definition) is 3. The molecule has 150 valence electrons. The predicted molar refractivity (Wildman–Crippen MR) is 102 cm³/mol. The normalized spacial score (nSPS) is 13.7. The SMILES string of the molecule is COc1ccc(CN2C(=O)Cn3c2nc(C)c3-c2ccc(C(F)(F)F)cc2)cc1. The fourth-order valence-electron chi connectivity index (χ4n) is 3.50. The van der Waals surface area contributed by atoms with Crippen molar-refractivity contribution in [1.82, 2.24) is 9.55 Å². The van der Waals surface area contributed by atoms with Crippen LogP contribution in [0.15, 0.2) is 48.5 Å². The van der Waals surface area contributed by atoms with Gasteiger partial charge >= 0.3 is 6.18 Å². The second kappa shape index (κ2) is 6.95. The van der Waals surface area contributed by atoms with Crippen molar-refractivity contribution >= 4 is 11.9 Å². The van der Waals surface area contributed by atoms with E-state index in [1.54, 1.807) is 23.5 Å². The lowest BCUT2D eigenvalue weighted by atomic mass is 10.1. The fraction of sp³-hybridized carbons (Fsp3) is 0.238. The molecule has 3 aromatic rings. The number of carbonyl (C=O) groups is 1. The summed E-state index contributed by atoms with van der Waals surface area (Å²) in [6.07, 6.45) is -4.39. The molecule has 1 aromatic heterocycles. The molecule has 0 spiro atoms. The lowest BCUT2D eigenvalue weighted by Gasteiger charge is -2.14. The number of benzene rings is 2. The summed E-state index contributed by atoms with van der Waals surface area (Å²) < 4.78 is 45.4. The molecule has 4 rings (SSSR count). The zero-order valence-electron chi connectivity index (χ0n) is 15.8. The third-order valence-corrected chi connectivity index (χ3v) is 4.94. The molecule has 0 atom stereocenters. The van der Waals surface area contributed by atoms with Crippen LogP contribution in [-0.2, 0) is 24.1 Å². The van der Waals surface area contributed by atoms with Crippen molar-refractivity contribution in [3.8, 4) is 17.0 Å². The molecule has 29 heavy (non-hydrogen) atoms. The minimum Gasteiger partial charge on any atom is -0.497 e. The molecule has 0 fully saturated rings. The van der Waals surface area contributed by atoms with Gasteiger partial charge in [0.25, 0.3) is 0 Å². The number of ether oxygens (including phenoxy) is 1. The monoisotopic (exact) mass is 401 g/mol. The van der Waals surface area contributed by atoms with Crippen molar-refractivity contribution in [3.05, 3.63) is 65.4 Å². The van der Waals surface area contributed by atoms with E-state index in [4.69, 9.17) is 4.74 Å². The third kappa shape index (κ3) is 3.46. The lowest BCUT2D eigenvalue weighted by molar-refractivity contribution is -0.137. The first-order valence-corrected chi connectivity index (χ1v) is 8.96. The number of fused-ring (bicyclic) bond motifs is 1. The Morgan fingerprint density at radius 2 is 1.72 bits per heavy atom. The minimum atomic E-state index is -4.39. The number of carbonyl (C=O) groups excluding carboxylic acids is 1. The van der Waals surface area contributed by atoms with Crippen molar-refractivity contribution in [2.24, 2.45) is 0 Å². The van der Waals surface area contributed by atoms with Gasteiger partial charge in [0.1, 0.15) is 12.3 Å². The average Bonchev–Trinajstić information content (AvgIpc) is 3.15. The van der Waals surface area contributed by atoms with E-state index in [9.17, 15) is 18.0 Å². The summed E-state index contributed by atoms with van der Waals surface area (Å²) in [7, 11) is 1.58. The van der Waals surface area contributed by atoms with E-state index < -0.39 is 11.7 Å². The zero-order valence-corrected chi connectivity index (χ0v) is 15.8. The van der Waals surface area contributed by atoms with Gasteiger partial charge < -0.3 is 9.30 Å². The maximum Gasteiger partial charge on any atom is 0.416 e. The Morgan fingerprint density at radius 1 is 1.07 bits per heavy atom. The highest BCUT2D eigenvalue weighted by Gasteiger charge is 2.33. The van der Waals surface area contributed by atoms with Crippen molar-refractivity contribution in [1.29, 1.82) is 0 Å². The number of nitrogens with zero attached hydrogens (tertiary/aromatic N) is 3. The summed E-state index contributed by atoms with van der Waals surface area (Å²) in [5.41, 5.74) is 2.11. The van der Waals surface area contributed by atoms with Gasteiger partial charge in [0.2, 0.25) is 11.9 Å². The van der Waals surface area contributed by atoms with Gasteiger partial charge in [-0.3, -0.25) is 9.69 Å². The Bertz CT molecular complexity index is 1050. The Kier molecular flexibility index (Phi) is 4.56. The van der Waals surface area contributed by atoms with Gasteiger partial charge in [0, 0.05) is 5.56 Å². The number of anilines is 1. The van der Waals surface area contributed by atoms with E-state index in [-0.39, 0.29) is 12.5 Å². The molecule has 0 unspecified atom stereocenters. The number of hydrogen-bond donors (Lipinski definition) is 0. The molecule has 0 saturated carbocycles. The van der Waals surface area contributed by atoms with E-state index in [0.29, 0.717) is 29.4 Å². The van der Waals surface area contributed by atoms with Crippen molar-refractivity contribution < 1.29 is 22.7 Å². The van der Waals surface area contributed by atoms with Crippen LogP contribution in [0.5, 0.6) is 5.75 Å². The molecule has 5 nitrogen and oxygen atoms in total. The topological polar surface area (TPSA) is 47.4 Å². The van der Waals surface area contributed by atoms with E-state index in [0.717, 1.165) is 23.4 Å². The van der Waals surface area contributed by atoms with Gasteiger partial charge in [-0.15, -0.1) is 0 Å². The molecule has 1 amide bonds. The smallest absolute Gasteiger partial charge is 0.416 e. The van der Waals surface area contributed by atoms with Gasteiger partial charge in [-0.1, -0.05) is 24.3 Å². The minimum absolute atomic E-state index is 0.0999. The van der Waals surface area contributed by atoms with Gasteiger partial charge in [-0.2, -0.15) is 13.2 Å². The summed E-state index contributed by atoms with van der Waals surface area (Å²) in [6.45, 7) is 2.24. The standard InChI is InChI=1S/C21H18F3N3O2/c1-13-19(15-5-7-16(8-6-15)21(22,23)24)27-12-18(28)26(20(27)25-13)11-14-3-9-17(29-2)10-4-14/h3-10H,11-12H2,1-2H3. The Labute approximate surface area is 165 Å². The molecule has 0 N–H and O–H groups in total. The third-order valence-electron chi connectivity index (χ3n) is 4.94. The highest BCUT2D eigenvalue weighted by molar-refractivity contribution is 5.96. The molecular formula is C21H18F3N3O2. The first-order valence-electron chi connectivity index (χ1n) is 8.96. The Balaban J connectivity index is 1.65. The van der Waals surface area contributed by atoms with Crippen LogP contribution in [0.25, 0.3) is 11.3 Å². The van der Waals surface area contributed by atoms with Crippen LogP contribution in [0.2, 0.25) is 0 Å². The van der Waals surface area contributed by atoms with Crippen LogP contribution in [0.3, 0.4) is 0 Å². The molecule has 0 radical (unpaired) electrons. The number of halogens is 3. The van der Waals surface area contributed by atoms with Gasteiger partial charge in [0.15, 0.2) is 0 Å². The van der Waals surface area contributed by atoms with Gasteiger partial charge in [-0.25, -0.2) is 4.98 Å². The summed E-state index contributed by atoms with van der Waals surface area (Å²) in [5, 5.41) is 0. The molecule has 1 aliphatic rings. The molecule has 8 heteroatoms. The van der Waals surface area contributed by atoms with Crippen LogP contribution >= 0.6 is 0 Å². The van der Waals surface area contributed by atoms with Crippen LogP contribution in [-0.4, -0.2) is 22.6 Å². The molecule has 1 aliphatic heterocycles. The maximum absolute atomic E-state index is 12.8. The number of rotatable bonds is 4. The summed E-state index contributed by atoms with van der Waals surface area (Å²) in [4.78, 5) is 18.7. The second-order valence-electron chi connectivity index (χ2n) is 6.84. The Morgan fingerprint density at radius 3 is 2.31 bits per heavy atom. The number of methoxy groups -OCH3 is 1. The average molecular weight is 401 g/mol. The predicted octanol–water partition coefficient (Wildman–Crippen LogP) is 4.43. The molecular weight excluding hydrogens is 383 g/mol. The highest BCUT2D eigenvalue weighted by atomic mass is 19.4. The largest absolute Gasteiger partial charge is 0.497 e. The number of alkyl halides is 3. The number of aryl methyl sites for hydroxylation is 1. The number of imidazole rings is 1.